The minimum Gasteiger partial charge on any atom is -0.245 e. The van der Waals surface area contributed by atoms with Gasteiger partial charge in [-0.05, 0) is 18.1 Å². The molecular formula is C12H12ClNS. The monoisotopic (exact) mass is 237 g/mol. The van der Waals surface area contributed by atoms with E-state index in [2.05, 4.69) is 36.2 Å². The Kier molecular flexibility index (Phi) is 3.39. The Hall–Kier alpha value is -0.860. The lowest BCUT2D eigenvalue weighted by atomic mass is 10.1. The molecule has 0 saturated heterocycles. The summed E-state index contributed by atoms with van der Waals surface area (Å²) in [4.78, 5) is 4.45. The number of alkyl halides is 1. The third-order valence-corrected chi connectivity index (χ3v) is 3.51. The molecule has 0 aliphatic carbocycles. The molecule has 0 amide bonds. The van der Waals surface area contributed by atoms with Crippen molar-refractivity contribution in [2.45, 2.75) is 19.2 Å². The van der Waals surface area contributed by atoms with E-state index >= 15 is 0 Å². The number of nitrogens with zero attached hydrogens (tertiary/aromatic N) is 1. The van der Waals surface area contributed by atoms with Gasteiger partial charge in [0.1, 0.15) is 0 Å². The molecule has 2 aromatic rings. The van der Waals surface area contributed by atoms with Gasteiger partial charge in [0, 0.05) is 11.8 Å². The number of halogens is 1. The molecule has 0 fully saturated rings. The highest BCUT2D eigenvalue weighted by Gasteiger charge is 2.03. The zero-order chi connectivity index (χ0) is 10.7. The molecule has 1 nitrogen and oxygen atoms in total. The van der Waals surface area contributed by atoms with Gasteiger partial charge in [0.05, 0.1) is 16.6 Å². The molecule has 78 valence electrons. The van der Waals surface area contributed by atoms with Crippen LogP contribution in [0.1, 0.15) is 21.8 Å². The zero-order valence-corrected chi connectivity index (χ0v) is 10.1. The van der Waals surface area contributed by atoms with Crippen LogP contribution in [0.2, 0.25) is 0 Å². The fraction of sp³-hybridized carbons (Fsp3) is 0.250. The highest BCUT2D eigenvalue weighted by atomic mass is 35.5. The predicted octanol–water partition coefficient (Wildman–Crippen LogP) is 3.78. The first kappa shape index (κ1) is 10.7. The summed E-state index contributed by atoms with van der Waals surface area (Å²) in [6.07, 6.45) is 0.911. The summed E-state index contributed by atoms with van der Waals surface area (Å²) in [5.41, 5.74) is 3.64. The fourth-order valence-corrected chi connectivity index (χ4v) is 2.51. The van der Waals surface area contributed by atoms with Gasteiger partial charge in [-0.2, -0.15) is 0 Å². The van der Waals surface area contributed by atoms with Crippen LogP contribution in [0, 0.1) is 6.92 Å². The quantitative estimate of drug-likeness (QED) is 0.741. The van der Waals surface area contributed by atoms with E-state index in [9.17, 15) is 0 Å². The molecule has 0 bridgehead atoms. The third-order valence-electron chi connectivity index (χ3n) is 2.34. The van der Waals surface area contributed by atoms with Gasteiger partial charge in [0.2, 0.25) is 0 Å². The third kappa shape index (κ3) is 2.58. The van der Waals surface area contributed by atoms with Crippen LogP contribution in [-0.2, 0) is 12.3 Å². The molecule has 3 heteroatoms. The maximum absolute atomic E-state index is 5.72. The Morgan fingerprint density at radius 2 is 2.13 bits per heavy atom. The molecule has 0 aliphatic heterocycles. The number of thiazole rings is 1. The van der Waals surface area contributed by atoms with Crippen molar-refractivity contribution in [3.05, 3.63) is 51.5 Å². The fourth-order valence-electron chi connectivity index (χ4n) is 1.46. The lowest BCUT2D eigenvalue weighted by Gasteiger charge is -2.01. The highest BCUT2D eigenvalue weighted by Crippen LogP contribution is 2.17. The SMILES string of the molecule is Cc1ccccc1Cc1nc(CCl)cs1. The van der Waals surface area contributed by atoms with E-state index in [1.165, 1.54) is 11.1 Å². The van der Waals surface area contributed by atoms with Crippen molar-refractivity contribution in [2.24, 2.45) is 0 Å². The van der Waals surface area contributed by atoms with E-state index in [1.807, 2.05) is 5.38 Å². The van der Waals surface area contributed by atoms with Crippen molar-refractivity contribution in [1.82, 2.24) is 4.98 Å². The molecule has 0 N–H and O–H groups in total. The molecule has 0 radical (unpaired) electrons. The predicted molar refractivity (Wildman–Crippen MR) is 65.7 cm³/mol. The first-order valence-corrected chi connectivity index (χ1v) is 6.25. The van der Waals surface area contributed by atoms with E-state index in [-0.39, 0.29) is 0 Å². The normalized spacial score (nSPS) is 10.5. The number of hydrogen-bond donors (Lipinski definition) is 0. The van der Waals surface area contributed by atoms with E-state index in [1.54, 1.807) is 11.3 Å². The van der Waals surface area contributed by atoms with Crippen molar-refractivity contribution < 1.29 is 0 Å². The minimum absolute atomic E-state index is 0.504. The Labute approximate surface area is 98.7 Å². The van der Waals surface area contributed by atoms with Crippen LogP contribution in [0.4, 0.5) is 0 Å². The molecule has 0 spiro atoms. The lowest BCUT2D eigenvalue weighted by molar-refractivity contribution is 1.08. The molecule has 15 heavy (non-hydrogen) atoms. The van der Waals surface area contributed by atoms with Gasteiger partial charge in [0.15, 0.2) is 0 Å². The van der Waals surface area contributed by atoms with Gasteiger partial charge in [-0.3, -0.25) is 0 Å². The smallest absolute Gasteiger partial charge is 0.0972 e. The minimum atomic E-state index is 0.504. The van der Waals surface area contributed by atoms with E-state index in [4.69, 9.17) is 11.6 Å². The number of rotatable bonds is 3. The Morgan fingerprint density at radius 3 is 2.80 bits per heavy atom. The summed E-state index contributed by atoms with van der Waals surface area (Å²) in [7, 11) is 0. The number of aromatic nitrogens is 1. The van der Waals surface area contributed by atoms with E-state index in [0.29, 0.717) is 5.88 Å². The molecule has 2 rings (SSSR count). The van der Waals surface area contributed by atoms with Crippen molar-refractivity contribution in [2.75, 3.05) is 0 Å². The van der Waals surface area contributed by atoms with Crippen molar-refractivity contribution in [3.63, 3.8) is 0 Å². The molecular weight excluding hydrogens is 226 g/mol. The second-order valence-corrected chi connectivity index (χ2v) is 4.68. The van der Waals surface area contributed by atoms with Gasteiger partial charge in [-0.1, -0.05) is 24.3 Å². The summed E-state index contributed by atoms with van der Waals surface area (Å²) in [6.45, 7) is 2.13. The first-order chi connectivity index (χ1) is 7.29. The first-order valence-electron chi connectivity index (χ1n) is 4.83. The Balaban J connectivity index is 2.18. The zero-order valence-electron chi connectivity index (χ0n) is 8.53. The highest BCUT2D eigenvalue weighted by molar-refractivity contribution is 7.09. The van der Waals surface area contributed by atoms with Crippen LogP contribution >= 0.6 is 22.9 Å². The number of aryl methyl sites for hydroxylation is 1. The van der Waals surface area contributed by atoms with Crippen molar-refractivity contribution in [3.8, 4) is 0 Å². The summed E-state index contributed by atoms with van der Waals surface area (Å²) < 4.78 is 0. The lowest BCUT2D eigenvalue weighted by Crippen LogP contribution is -1.91. The molecule has 1 aromatic carbocycles. The van der Waals surface area contributed by atoms with Gasteiger partial charge >= 0.3 is 0 Å². The van der Waals surface area contributed by atoms with Gasteiger partial charge in [-0.25, -0.2) is 4.98 Å². The molecule has 0 atom stereocenters. The summed E-state index contributed by atoms with van der Waals surface area (Å²) in [5, 5.41) is 3.17. The van der Waals surface area contributed by atoms with Crippen molar-refractivity contribution in [1.29, 1.82) is 0 Å². The average molecular weight is 238 g/mol. The van der Waals surface area contributed by atoms with E-state index in [0.717, 1.165) is 17.1 Å². The van der Waals surface area contributed by atoms with Crippen molar-refractivity contribution >= 4 is 22.9 Å². The maximum Gasteiger partial charge on any atom is 0.0972 e. The van der Waals surface area contributed by atoms with Crippen LogP contribution in [0.25, 0.3) is 0 Å². The summed E-state index contributed by atoms with van der Waals surface area (Å²) >= 11 is 7.40. The van der Waals surface area contributed by atoms with Crippen LogP contribution in [0.3, 0.4) is 0 Å². The Bertz CT molecular complexity index is 450. The Morgan fingerprint density at radius 1 is 1.33 bits per heavy atom. The van der Waals surface area contributed by atoms with Crippen LogP contribution in [0.5, 0.6) is 0 Å². The summed E-state index contributed by atoms with van der Waals surface area (Å²) in [6, 6.07) is 8.41. The number of benzene rings is 1. The molecule has 1 heterocycles. The molecule has 1 aromatic heterocycles. The second kappa shape index (κ2) is 4.77. The van der Waals surface area contributed by atoms with Gasteiger partial charge in [0.25, 0.3) is 0 Å². The molecule has 0 unspecified atom stereocenters. The van der Waals surface area contributed by atoms with Crippen LogP contribution in [-0.4, -0.2) is 4.98 Å². The molecule has 0 saturated carbocycles. The average Bonchev–Trinajstić information content (AvgIpc) is 2.69. The van der Waals surface area contributed by atoms with Gasteiger partial charge < -0.3 is 0 Å². The van der Waals surface area contributed by atoms with Crippen LogP contribution < -0.4 is 0 Å². The number of hydrogen-bond acceptors (Lipinski definition) is 2. The second-order valence-electron chi connectivity index (χ2n) is 3.47. The van der Waals surface area contributed by atoms with Crippen LogP contribution in [0.15, 0.2) is 29.6 Å². The topological polar surface area (TPSA) is 12.9 Å². The van der Waals surface area contributed by atoms with E-state index < -0.39 is 0 Å². The summed E-state index contributed by atoms with van der Waals surface area (Å²) in [5.74, 6) is 0.504. The van der Waals surface area contributed by atoms with Gasteiger partial charge in [-0.15, -0.1) is 22.9 Å². The standard InChI is InChI=1S/C12H12ClNS/c1-9-4-2-3-5-10(9)6-12-14-11(7-13)8-15-12/h2-5,8H,6-7H2,1H3. The maximum atomic E-state index is 5.72. The molecule has 0 aliphatic rings. The largest absolute Gasteiger partial charge is 0.245 e.